The van der Waals surface area contributed by atoms with Gasteiger partial charge in [0.05, 0.1) is 8.66 Å². The van der Waals surface area contributed by atoms with Gasteiger partial charge < -0.3 is 10.4 Å². The fraction of sp³-hybridized carbons (Fsp3) is 0.0833. The van der Waals surface area contributed by atoms with Gasteiger partial charge >= 0.3 is 0 Å². The average molecular weight is 312 g/mol. The van der Waals surface area contributed by atoms with E-state index in [1.807, 2.05) is 13.0 Å². The first-order valence-electron chi connectivity index (χ1n) is 4.92. The maximum absolute atomic E-state index is 11.9. The first kappa shape index (κ1) is 12.1. The molecule has 1 amide bonds. The Labute approximate surface area is 111 Å². The minimum absolute atomic E-state index is 0.144. The van der Waals surface area contributed by atoms with Crippen molar-refractivity contribution >= 4 is 38.9 Å². The van der Waals surface area contributed by atoms with Gasteiger partial charge in [-0.1, -0.05) is 0 Å². The summed E-state index contributed by atoms with van der Waals surface area (Å²) in [6.45, 7) is 1.83. The Morgan fingerprint density at radius 3 is 2.71 bits per heavy atom. The molecule has 0 saturated heterocycles. The molecule has 0 atom stereocenters. The summed E-state index contributed by atoms with van der Waals surface area (Å²) in [5.41, 5.74) is 1.53. The van der Waals surface area contributed by atoms with E-state index in [1.54, 1.807) is 24.3 Å². The zero-order valence-corrected chi connectivity index (χ0v) is 11.4. The molecule has 0 spiro atoms. The van der Waals surface area contributed by atoms with Crippen LogP contribution in [0, 0.1) is 6.92 Å². The number of thiophene rings is 1. The van der Waals surface area contributed by atoms with Crippen LogP contribution in [0.3, 0.4) is 0 Å². The molecule has 2 rings (SSSR count). The molecular weight excluding hydrogens is 302 g/mol. The number of carbonyl (C=O) groups excluding carboxylic acids is 1. The van der Waals surface area contributed by atoms with Crippen LogP contribution < -0.4 is 5.32 Å². The predicted molar refractivity (Wildman–Crippen MR) is 72.8 cm³/mol. The maximum atomic E-state index is 11.9. The van der Waals surface area contributed by atoms with Crippen LogP contribution in [0.2, 0.25) is 0 Å². The molecule has 1 aromatic heterocycles. The lowest BCUT2D eigenvalue weighted by atomic mass is 10.2. The highest BCUT2D eigenvalue weighted by molar-refractivity contribution is 9.11. The highest BCUT2D eigenvalue weighted by Crippen LogP contribution is 2.25. The summed E-state index contributed by atoms with van der Waals surface area (Å²) in [6.07, 6.45) is 0. The second-order valence-electron chi connectivity index (χ2n) is 3.56. The second-order valence-corrected chi connectivity index (χ2v) is 6.02. The van der Waals surface area contributed by atoms with Gasteiger partial charge in [-0.2, -0.15) is 0 Å². The molecule has 0 radical (unpaired) electrons. The third-order valence-electron chi connectivity index (χ3n) is 2.26. The van der Waals surface area contributed by atoms with Gasteiger partial charge in [-0.3, -0.25) is 4.79 Å². The monoisotopic (exact) mass is 311 g/mol. The van der Waals surface area contributed by atoms with E-state index < -0.39 is 0 Å². The number of aromatic hydroxyl groups is 1. The number of hydrogen-bond donors (Lipinski definition) is 2. The molecule has 1 heterocycles. The van der Waals surface area contributed by atoms with Gasteiger partial charge in [0.1, 0.15) is 5.75 Å². The van der Waals surface area contributed by atoms with Crippen LogP contribution in [0.4, 0.5) is 5.69 Å². The number of phenolic OH excluding ortho intramolecular Hbond substituents is 1. The Hall–Kier alpha value is -1.33. The van der Waals surface area contributed by atoms with Gasteiger partial charge in [-0.25, -0.2) is 0 Å². The number of benzene rings is 1. The molecule has 0 aliphatic carbocycles. The summed E-state index contributed by atoms with van der Waals surface area (Å²) < 4.78 is 0.921. The van der Waals surface area contributed by atoms with Gasteiger partial charge in [0.15, 0.2) is 0 Å². The quantitative estimate of drug-likeness (QED) is 0.829. The van der Waals surface area contributed by atoms with Crippen molar-refractivity contribution < 1.29 is 9.90 Å². The van der Waals surface area contributed by atoms with Gasteiger partial charge in [0.25, 0.3) is 5.91 Å². The molecule has 0 bridgehead atoms. The largest absolute Gasteiger partial charge is 0.508 e. The van der Waals surface area contributed by atoms with E-state index >= 15 is 0 Å². The standard InChI is InChI=1S/C12H10BrNO2S/c1-7-6-8(15)2-3-9(7)14-12(16)10-4-5-11(13)17-10/h2-6,15H,1H3,(H,14,16). The lowest BCUT2D eigenvalue weighted by molar-refractivity contribution is 0.103. The minimum Gasteiger partial charge on any atom is -0.508 e. The minimum atomic E-state index is -0.144. The Bertz CT molecular complexity index is 565. The summed E-state index contributed by atoms with van der Waals surface area (Å²) >= 11 is 4.69. The van der Waals surface area contributed by atoms with E-state index in [0.29, 0.717) is 10.6 Å². The van der Waals surface area contributed by atoms with Crippen LogP contribution in [-0.2, 0) is 0 Å². The number of amides is 1. The lowest BCUT2D eigenvalue weighted by Gasteiger charge is -2.07. The lowest BCUT2D eigenvalue weighted by Crippen LogP contribution is -2.10. The van der Waals surface area contributed by atoms with Crippen LogP contribution >= 0.6 is 27.3 Å². The number of halogens is 1. The van der Waals surface area contributed by atoms with Gasteiger partial charge in [-0.15, -0.1) is 11.3 Å². The van der Waals surface area contributed by atoms with Crippen LogP contribution in [0.5, 0.6) is 5.75 Å². The number of aryl methyl sites for hydroxylation is 1. The van der Waals surface area contributed by atoms with E-state index in [1.165, 1.54) is 11.3 Å². The van der Waals surface area contributed by atoms with E-state index in [-0.39, 0.29) is 11.7 Å². The number of nitrogens with one attached hydrogen (secondary N) is 1. The molecule has 0 aliphatic heterocycles. The maximum Gasteiger partial charge on any atom is 0.265 e. The van der Waals surface area contributed by atoms with Crippen molar-refractivity contribution in [1.82, 2.24) is 0 Å². The molecule has 0 unspecified atom stereocenters. The van der Waals surface area contributed by atoms with Crippen LogP contribution in [0.15, 0.2) is 34.1 Å². The summed E-state index contributed by atoms with van der Waals surface area (Å²) in [5.74, 6) is 0.0499. The van der Waals surface area contributed by atoms with Crippen LogP contribution in [0.1, 0.15) is 15.2 Å². The molecule has 0 saturated carbocycles. The van der Waals surface area contributed by atoms with Crippen molar-refractivity contribution in [3.8, 4) is 5.75 Å². The van der Waals surface area contributed by atoms with Crippen molar-refractivity contribution in [2.75, 3.05) is 5.32 Å². The molecule has 1 aromatic carbocycles. The van der Waals surface area contributed by atoms with Crippen molar-refractivity contribution in [2.45, 2.75) is 6.92 Å². The van der Waals surface area contributed by atoms with Crippen LogP contribution in [-0.4, -0.2) is 11.0 Å². The summed E-state index contributed by atoms with van der Waals surface area (Å²) in [5, 5.41) is 12.1. The van der Waals surface area contributed by atoms with E-state index in [4.69, 9.17) is 0 Å². The van der Waals surface area contributed by atoms with Crippen molar-refractivity contribution in [3.63, 3.8) is 0 Å². The van der Waals surface area contributed by atoms with Crippen molar-refractivity contribution in [2.24, 2.45) is 0 Å². The SMILES string of the molecule is Cc1cc(O)ccc1NC(=O)c1ccc(Br)s1. The highest BCUT2D eigenvalue weighted by atomic mass is 79.9. The zero-order chi connectivity index (χ0) is 12.4. The molecule has 3 nitrogen and oxygen atoms in total. The third-order valence-corrected chi connectivity index (χ3v) is 3.88. The second kappa shape index (κ2) is 4.89. The number of phenols is 1. The van der Waals surface area contributed by atoms with Crippen LogP contribution in [0.25, 0.3) is 0 Å². The summed E-state index contributed by atoms with van der Waals surface area (Å²) in [4.78, 5) is 12.5. The summed E-state index contributed by atoms with van der Waals surface area (Å²) in [6, 6.07) is 8.45. The van der Waals surface area contributed by atoms with E-state index in [2.05, 4.69) is 21.2 Å². The molecular formula is C12H10BrNO2S. The highest BCUT2D eigenvalue weighted by Gasteiger charge is 2.10. The molecule has 0 aliphatic rings. The van der Waals surface area contributed by atoms with Gasteiger partial charge in [0, 0.05) is 5.69 Å². The smallest absolute Gasteiger partial charge is 0.265 e. The number of rotatable bonds is 2. The van der Waals surface area contributed by atoms with Crippen molar-refractivity contribution in [1.29, 1.82) is 0 Å². The Morgan fingerprint density at radius 1 is 1.35 bits per heavy atom. The summed E-state index contributed by atoms with van der Waals surface area (Å²) in [7, 11) is 0. The zero-order valence-electron chi connectivity index (χ0n) is 9.03. The normalized spacial score (nSPS) is 10.2. The first-order valence-corrected chi connectivity index (χ1v) is 6.53. The topological polar surface area (TPSA) is 49.3 Å². The molecule has 17 heavy (non-hydrogen) atoms. The fourth-order valence-electron chi connectivity index (χ4n) is 1.41. The number of hydrogen-bond acceptors (Lipinski definition) is 3. The van der Waals surface area contributed by atoms with Crippen molar-refractivity contribution in [3.05, 3.63) is 44.6 Å². The molecule has 5 heteroatoms. The molecule has 88 valence electrons. The molecule has 2 aromatic rings. The van der Waals surface area contributed by atoms with Gasteiger partial charge in [0.2, 0.25) is 0 Å². The average Bonchev–Trinajstić information content (AvgIpc) is 2.69. The van der Waals surface area contributed by atoms with Gasteiger partial charge in [-0.05, 0) is 58.7 Å². The fourth-order valence-corrected chi connectivity index (χ4v) is 2.69. The Kier molecular flexibility index (Phi) is 3.49. The third kappa shape index (κ3) is 2.87. The number of carbonyl (C=O) groups is 1. The Balaban J connectivity index is 2.18. The number of anilines is 1. The Morgan fingerprint density at radius 2 is 2.12 bits per heavy atom. The predicted octanol–water partition coefficient (Wildman–Crippen LogP) is 3.78. The first-order chi connectivity index (χ1) is 8.06. The van der Waals surface area contributed by atoms with E-state index in [9.17, 15) is 9.90 Å². The van der Waals surface area contributed by atoms with E-state index in [0.717, 1.165) is 9.35 Å². The molecule has 2 N–H and O–H groups in total. The molecule has 0 fully saturated rings.